The van der Waals surface area contributed by atoms with Gasteiger partial charge in [0.05, 0.1) is 9.82 Å². The van der Waals surface area contributed by atoms with Gasteiger partial charge >= 0.3 is 5.69 Å². The summed E-state index contributed by atoms with van der Waals surface area (Å²) in [5.74, 6) is -0.569. The molecule has 0 aliphatic carbocycles. The maximum absolute atomic E-state index is 12.1. The monoisotopic (exact) mass is 313 g/mol. The lowest BCUT2D eigenvalue weighted by molar-refractivity contribution is -0.386. The lowest BCUT2D eigenvalue weighted by Gasteiger charge is -2.14. The summed E-state index contributed by atoms with van der Waals surface area (Å²) in [6.07, 6.45) is 2.66. The molecule has 1 aliphatic heterocycles. The van der Waals surface area contributed by atoms with E-state index in [-0.39, 0.29) is 11.4 Å². The first-order valence-electron chi connectivity index (χ1n) is 6.26. The molecule has 0 fully saturated rings. The van der Waals surface area contributed by atoms with Gasteiger partial charge in [-0.3, -0.25) is 10.1 Å². The van der Waals surface area contributed by atoms with Crippen molar-refractivity contribution in [3.63, 3.8) is 0 Å². The molecule has 0 saturated heterocycles. The molecule has 114 valence electrons. The number of benzene rings is 1. The molecule has 0 saturated carbocycles. The second-order valence-corrected chi connectivity index (χ2v) is 6.32. The predicted octanol–water partition coefficient (Wildman–Crippen LogP) is 0.498. The van der Waals surface area contributed by atoms with Gasteiger partial charge in [-0.1, -0.05) is 11.6 Å². The van der Waals surface area contributed by atoms with Crippen molar-refractivity contribution >= 4 is 15.7 Å². The quantitative estimate of drug-likeness (QED) is 0.413. The van der Waals surface area contributed by atoms with Crippen LogP contribution in [0.1, 0.15) is 6.42 Å². The average molecular weight is 313 g/mol. The third-order valence-corrected chi connectivity index (χ3v) is 4.50. The van der Waals surface area contributed by atoms with Gasteiger partial charge < -0.3 is 10.4 Å². The fraction of sp³-hybridized carbons (Fsp3) is 0.333. The summed E-state index contributed by atoms with van der Waals surface area (Å²) < 4.78 is 26.6. The van der Waals surface area contributed by atoms with Gasteiger partial charge in [-0.05, 0) is 25.1 Å². The van der Waals surface area contributed by atoms with Crippen LogP contribution in [0.2, 0.25) is 0 Å². The molecule has 1 aromatic carbocycles. The predicted molar refractivity (Wildman–Crippen MR) is 75.5 cm³/mol. The van der Waals surface area contributed by atoms with Crippen LogP contribution < -0.4 is 10.0 Å². The second kappa shape index (κ2) is 6.20. The number of hydrogen-bond donors (Lipinski definition) is 3. The molecule has 1 aliphatic rings. The largest absolute Gasteiger partial charge is 0.502 e. The van der Waals surface area contributed by atoms with Crippen LogP contribution in [0.3, 0.4) is 0 Å². The number of nitrogens with zero attached hydrogens (tertiary/aromatic N) is 1. The maximum Gasteiger partial charge on any atom is 0.312 e. The van der Waals surface area contributed by atoms with Gasteiger partial charge in [0, 0.05) is 19.2 Å². The van der Waals surface area contributed by atoms with Gasteiger partial charge in [0.1, 0.15) is 0 Å². The van der Waals surface area contributed by atoms with E-state index in [0.29, 0.717) is 6.54 Å². The lowest BCUT2D eigenvalue weighted by Crippen LogP contribution is -2.29. The lowest BCUT2D eigenvalue weighted by atomic mass is 10.1. The number of rotatable bonds is 5. The van der Waals surface area contributed by atoms with E-state index in [9.17, 15) is 23.6 Å². The molecule has 2 rings (SSSR count). The van der Waals surface area contributed by atoms with Gasteiger partial charge in [-0.2, -0.15) is 0 Å². The highest BCUT2D eigenvalue weighted by Crippen LogP contribution is 2.28. The number of nitrogens with one attached hydrogen (secondary N) is 2. The molecule has 0 atom stereocenters. The van der Waals surface area contributed by atoms with Gasteiger partial charge in [0.15, 0.2) is 5.75 Å². The highest BCUT2D eigenvalue weighted by molar-refractivity contribution is 7.89. The van der Waals surface area contributed by atoms with Crippen LogP contribution in [-0.2, 0) is 10.0 Å². The second-order valence-electron chi connectivity index (χ2n) is 4.55. The zero-order valence-electron chi connectivity index (χ0n) is 11.1. The molecule has 0 bridgehead atoms. The van der Waals surface area contributed by atoms with Crippen molar-refractivity contribution in [1.82, 2.24) is 10.0 Å². The molecule has 0 amide bonds. The number of phenolic OH excluding ortho intramolecular Hbond substituents is 1. The van der Waals surface area contributed by atoms with Crippen molar-refractivity contribution < 1.29 is 18.4 Å². The Labute approximate surface area is 121 Å². The Morgan fingerprint density at radius 1 is 1.43 bits per heavy atom. The summed E-state index contributed by atoms with van der Waals surface area (Å²) in [6.45, 7) is 1.65. The van der Waals surface area contributed by atoms with Crippen LogP contribution >= 0.6 is 0 Å². The summed E-state index contributed by atoms with van der Waals surface area (Å²) in [7, 11) is -3.86. The fourth-order valence-electron chi connectivity index (χ4n) is 1.92. The molecule has 3 N–H and O–H groups in total. The Balaban J connectivity index is 2.17. The molecule has 0 radical (unpaired) electrons. The topological polar surface area (TPSA) is 122 Å². The standard InChI is InChI=1S/C12H15N3O5S/c16-12-2-1-10(7-11(12)15(17)18)21(19,20)14-8-9-3-5-13-6-4-9/h1-3,7,13-14,16H,4-6,8H2. The molecule has 0 unspecified atom stereocenters. The number of sulfonamides is 1. The Kier molecular flexibility index (Phi) is 4.56. The van der Waals surface area contributed by atoms with E-state index >= 15 is 0 Å². The zero-order valence-corrected chi connectivity index (χ0v) is 11.9. The van der Waals surface area contributed by atoms with E-state index in [1.54, 1.807) is 0 Å². The fourth-order valence-corrected chi connectivity index (χ4v) is 2.97. The van der Waals surface area contributed by atoms with Crippen molar-refractivity contribution in [2.45, 2.75) is 11.3 Å². The van der Waals surface area contributed by atoms with E-state index < -0.39 is 26.4 Å². The first-order valence-corrected chi connectivity index (χ1v) is 7.74. The highest BCUT2D eigenvalue weighted by atomic mass is 32.2. The van der Waals surface area contributed by atoms with Gasteiger partial charge in [-0.15, -0.1) is 0 Å². The van der Waals surface area contributed by atoms with E-state index in [4.69, 9.17) is 0 Å². The molecule has 21 heavy (non-hydrogen) atoms. The molecule has 0 spiro atoms. The van der Waals surface area contributed by atoms with Crippen molar-refractivity contribution in [3.05, 3.63) is 40.0 Å². The Hall–Kier alpha value is -1.97. The number of phenols is 1. The molecule has 9 heteroatoms. The van der Waals surface area contributed by atoms with Crippen LogP contribution in [0.15, 0.2) is 34.7 Å². The average Bonchev–Trinajstić information content (AvgIpc) is 2.46. The van der Waals surface area contributed by atoms with E-state index in [0.717, 1.165) is 36.7 Å². The molecule has 1 aromatic rings. The third-order valence-electron chi connectivity index (χ3n) is 3.10. The van der Waals surface area contributed by atoms with Crippen LogP contribution in [0.25, 0.3) is 0 Å². The van der Waals surface area contributed by atoms with Crippen molar-refractivity contribution in [1.29, 1.82) is 0 Å². The van der Waals surface area contributed by atoms with Crippen molar-refractivity contribution in [2.24, 2.45) is 0 Å². The van der Waals surface area contributed by atoms with Crippen molar-refractivity contribution in [2.75, 3.05) is 19.6 Å². The number of hydrogen-bond acceptors (Lipinski definition) is 6. The first kappa shape index (κ1) is 15.4. The third kappa shape index (κ3) is 3.78. The molecular formula is C12H15N3O5S. The molecule has 1 heterocycles. The normalized spacial score (nSPS) is 15.5. The van der Waals surface area contributed by atoms with Crippen LogP contribution in [0.5, 0.6) is 5.75 Å². The van der Waals surface area contributed by atoms with Gasteiger partial charge in [-0.25, -0.2) is 13.1 Å². The molecule has 8 nitrogen and oxygen atoms in total. The minimum Gasteiger partial charge on any atom is -0.502 e. The Morgan fingerprint density at radius 2 is 2.19 bits per heavy atom. The molecule has 0 aromatic heterocycles. The minimum atomic E-state index is -3.86. The number of aromatic hydroxyl groups is 1. The summed E-state index contributed by atoms with van der Waals surface area (Å²) in [5.41, 5.74) is 0.324. The van der Waals surface area contributed by atoms with Crippen LogP contribution in [0.4, 0.5) is 5.69 Å². The molecular weight excluding hydrogens is 298 g/mol. The Bertz CT molecular complexity index is 684. The summed E-state index contributed by atoms with van der Waals surface area (Å²) in [4.78, 5) is 9.64. The smallest absolute Gasteiger partial charge is 0.312 e. The SMILES string of the molecule is O=[N+]([O-])c1cc(S(=O)(=O)NCC2=CCNCC2)ccc1O. The first-order chi connectivity index (χ1) is 9.90. The highest BCUT2D eigenvalue weighted by Gasteiger charge is 2.21. The summed E-state index contributed by atoms with van der Waals surface area (Å²) in [5, 5.41) is 23.2. The number of nitro groups is 1. The summed E-state index contributed by atoms with van der Waals surface area (Å²) >= 11 is 0. The Morgan fingerprint density at radius 3 is 2.81 bits per heavy atom. The van der Waals surface area contributed by atoms with Crippen LogP contribution in [-0.4, -0.2) is 38.1 Å². The maximum atomic E-state index is 12.1. The minimum absolute atomic E-state index is 0.165. The van der Waals surface area contributed by atoms with E-state index in [1.165, 1.54) is 0 Å². The summed E-state index contributed by atoms with van der Waals surface area (Å²) in [6, 6.07) is 2.96. The van der Waals surface area contributed by atoms with Gasteiger partial charge in [0.25, 0.3) is 0 Å². The number of nitro benzene ring substituents is 1. The van der Waals surface area contributed by atoms with Crippen LogP contribution in [0, 0.1) is 10.1 Å². The van der Waals surface area contributed by atoms with E-state index in [1.807, 2.05) is 6.08 Å². The zero-order chi connectivity index (χ0) is 15.5. The van der Waals surface area contributed by atoms with E-state index in [2.05, 4.69) is 10.0 Å². The van der Waals surface area contributed by atoms with Gasteiger partial charge in [0.2, 0.25) is 10.0 Å². The van der Waals surface area contributed by atoms with Crippen molar-refractivity contribution in [3.8, 4) is 5.75 Å².